The zero-order valence-corrected chi connectivity index (χ0v) is 17.1. The summed E-state index contributed by atoms with van der Waals surface area (Å²) in [7, 11) is -4.01. The molecule has 140 valence electrons. The van der Waals surface area contributed by atoms with Crippen molar-refractivity contribution in [1.82, 2.24) is 0 Å². The summed E-state index contributed by atoms with van der Waals surface area (Å²) >= 11 is 3.29. The number of furan rings is 1. The number of hydrogen-bond acceptors (Lipinski definition) is 4. The largest absolute Gasteiger partial charge is 0.461 e. The summed E-state index contributed by atoms with van der Waals surface area (Å²) in [6, 6.07) is 11.4. The molecule has 0 saturated heterocycles. The van der Waals surface area contributed by atoms with E-state index in [1.165, 1.54) is 19.1 Å². The highest BCUT2D eigenvalue weighted by Gasteiger charge is 2.29. The Labute approximate surface area is 166 Å². The highest BCUT2D eigenvalue weighted by molar-refractivity contribution is 9.10. The van der Waals surface area contributed by atoms with Gasteiger partial charge in [0.25, 0.3) is 10.0 Å². The Morgan fingerprint density at radius 1 is 1.07 bits per heavy atom. The normalized spacial score (nSPS) is 14.1. The molecule has 0 saturated carbocycles. The number of amides is 1. The second-order valence-electron chi connectivity index (χ2n) is 6.63. The molecule has 0 radical (unpaired) electrons. The van der Waals surface area contributed by atoms with E-state index in [4.69, 9.17) is 4.42 Å². The molecular weight excluding hydrogens is 430 g/mol. The van der Waals surface area contributed by atoms with Crippen LogP contribution in [-0.2, 0) is 27.7 Å². The molecule has 7 heteroatoms. The molecular formula is C20H18BrNO4S. The van der Waals surface area contributed by atoms with Crippen LogP contribution in [0.5, 0.6) is 0 Å². The molecule has 2 aromatic carbocycles. The summed E-state index contributed by atoms with van der Waals surface area (Å²) < 4.78 is 33.8. The van der Waals surface area contributed by atoms with Crippen LogP contribution in [-0.4, -0.2) is 14.3 Å². The van der Waals surface area contributed by atoms with Gasteiger partial charge in [-0.15, -0.1) is 0 Å². The first-order chi connectivity index (χ1) is 12.9. The fourth-order valence-electron chi connectivity index (χ4n) is 3.58. The molecule has 3 aromatic rings. The van der Waals surface area contributed by atoms with Crippen LogP contribution in [0, 0.1) is 0 Å². The average Bonchev–Trinajstić information content (AvgIpc) is 3.00. The fraction of sp³-hybridized carbons (Fsp3) is 0.250. The molecule has 0 bridgehead atoms. The van der Waals surface area contributed by atoms with Crippen molar-refractivity contribution in [1.29, 1.82) is 0 Å². The third-order valence-corrected chi connectivity index (χ3v) is 7.16. The number of aryl methyl sites for hydroxylation is 2. The van der Waals surface area contributed by atoms with Crippen molar-refractivity contribution < 1.29 is 17.6 Å². The van der Waals surface area contributed by atoms with Gasteiger partial charge < -0.3 is 4.42 Å². The number of anilines is 1. The van der Waals surface area contributed by atoms with Crippen molar-refractivity contribution >= 4 is 48.5 Å². The van der Waals surface area contributed by atoms with E-state index < -0.39 is 15.9 Å². The number of sulfonamides is 1. The van der Waals surface area contributed by atoms with Crippen molar-refractivity contribution in [3.05, 3.63) is 58.3 Å². The van der Waals surface area contributed by atoms with Crippen molar-refractivity contribution in [3.8, 4) is 0 Å². The molecule has 0 unspecified atom stereocenters. The maximum absolute atomic E-state index is 13.1. The molecule has 1 aliphatic rings. The van der Waals surface area contributed by atoms with Gasteiger partial charge in [-0.3, -0.25) is 4.79 Å². The quantitative estimate of drug-likeness (QED) is 0.577. The summed E-state index contributed by atoms with van der Waals surface area (Å²) in [5.41, 5.74) is 2.19. The Bertz CT molecular complexity index is 1130. The number of carbonyl (C=O) groups is 1. The molecule has 1 heterocycles. The van der Waals surface area contributed by atoms with Crippen molar-refractivity contribution in [2.45, 2.75) is 37.5 Å². The van der Waals surface area contributed by atoms with Gasteiger partial charge in [0.05, 0.1) is 10.6 Å². The van der Waals surface area contributed by atoms with E-state index >= 15 is 0 Å². The monoisotopic (exact) mass is 447 g/mol. The van der Waals surface area contributed by atoms with Gasteiger partial charge in [0.15, 0.2) is 0 Å². The van der Waals surface area contributed by atoms with Crippen molar-refractivity contribution in [2.75, 3.05) is 4.31 Å². The van der Waals surface area contributed by atoms with Crippen LogP contribution >= 0.6 is 15.9 Å². The van der Waals surface area contributed by atoms with Crippen LogP contribution < -0.4 is 4.31 Å². The highest BCUT2D eigenvalue weighted by Crippen LogP contribution is 2.35. The second-order valence-corrected chi connectivity index (χ2v) is 9.34. The molecule has 0 aliphatic heterocycles. The molecule has 0 atom stereocenters. The van der Waals surface area contributed by atoms with Crippen LogP contribution in [0.1, 0.15) is 31.1 Å². The molecule has 27 heavy (non-hydrogen) atoms. The number of carbonyl (C=O) groups excluding carboxylic acids is 1. The Hall–Kier alpha value is -2.12. The minimum Gasteiger partial charge on any atom is -0.461 e. The van der Waals surface area contributed by atoms with Crippen molar-refractivity contribution in [3.63, 3.8) is 0 Å². The molecule has 1 aromatic heterocycles. The lowest BCUT2D eigenvalue weighted by Crippen LogP contribution is -2.35. The first-order valence-corrected chi connectivity index (χ1v) is 11.0. The number of hydrogen-bond donors (Lipinski definition) is 0. The Balaban J connectivity index is 1.85. The number of halogens is 1. The number of fused-ring (bicyclic) bond motifs is 3. The maximum Gasteiger partial charge on any atom is 0.270 e. The number of benzene rings is 2. The SMILES string of the molecule is CC(=O)N(c1ccc2oc3c(c2c1)CCCC3)S(=O)(=O)c1ccc(Br)cc1. The van der Waals surface area contributed by atoms with Crippen LogP contribution in [0.4, 0.5) is 5.69 Å². The minimum absolute atomic E-state index is 0.0650. The van der Waals surface area contributed by atoms with Crippen molar-refractivity contribution in [2.24, 2.45) is 0 Å². The smallest absolute Gasteiger partial charge is 0.270 e. The Morgan fingerprint density at radius 3 is 2.48 bits per heavy atom. The summed E-state index contributed by atoms with van der Waals surface area (Å²) in [6.07, 6.45) is 3.98. The van der Waals surface area contributed by atoms with Crippen LogP contribution in [0.2, 0.25) is 0 Å². The van der Waals surface area contributed by atoms with Gasteiger partial charge in [-0.1, -0.05) is 15.9 Å². The fourth-order valence-corrected chi connectivity index (χ4v) is 5.26. The Morgan fingerprint density at radius 2 is 1.78 bits per heavy atom. The molecule has 1 aliphatic carbocycles. The van der Waals surface area contributed by atoms with Crippen LogP contribution in [0.3, 0.4) is 0 Å². The van der Waals surface area contributed by atoms with Gasteiger partial charge >= 0.3 is 0 Å². The lowest BCUT2D eigenvalue weighted by Gasteiger charge is -2.21. The van der Waals surface area contributed by atoms with E-state index in [0.717, 1.165) is 56.8 Å². The van der Waals surface area contributed by atoms with E-state index in [1.54, 1.807) is 30.3 Å². The summed E-state index contributed by atoms with van der Waals surface area (Å²) in [4.78, 5) is 12.4. The molecule has 1 amide bonds. The molecule has 4 rings (SSSR count). The third kappa shape index (κ3) is 3.19. The number of nitrogens with zero attached hydrogens (tertiary/aromatic N) is 1. The summed E-state index contributed by atoms with van der Waals surface area (Å²) in [6.45, 7) is 1.26. The molecule has 0 N–H and O–H groups in total. The minimum atomic E-state index is -4.01. The maximum atomic E-state index is 13.1. The number of rotatable bonds is 3. The highest BCUT2D eigenvalue weighted by atomic mass is 79.9. The lowest BCUT2D eigenvalue weighted by molar-refractivity contribution is -0.115. The predicted molar refractivity (Wildman–Crippen MR) is 107 cm³/mol. The predicted octanol–water partition coefficient (Wildman–Crippen LogP) is 4.82. The van der Waals surface area contributed by atoms with Crippen LogP contribution in [0.25, 0.3) is 11.0 Å². The molecule has 5 nitrogen and oxygen atoms in total. The average molecular weight is 448 g/mol. The van der Waals surface area contributed by atoms with Gasteiger partial charge in [-0.05, 0) is 61.7 Å². The van der Waals surface area contributed by atoms with Gasteiger partial charge in [0, 0.05) is 28.8 Å². The van der Waals surface area contributed by atoms with E-state index in [-0.39, 0.29) is 4.90 Å². The Kier molecular flexibility index (Phi) is 4.60. The topological polar surface area (TPSA) is 67.6 Å². The first-order valence-electron chi connectivity index (χ1n) is 8.74. The zero-order valence-electron chi connectivity index (χ0n) is 14.7. The summed E-state index contributed by atoms with van der Waals surface area (Å²) in [5.74, 6) is 0.410. The van der Waals surface area contributed by atoms with E-state index in [9.17, 15) is 13.2 Å². The molecule has 0 spiro atoms. The first kappa shape index (κ1) is 18.3. The van der Waals surface area contributed by atoms with E-state index in [1.807, 2.05) is 0 Å². The molecule has 0 fully saturated rings. The van der Waals surface area contributed by atoms with E-state index in [2.05, 4.69) is 15.9 Å². The van der Waals surface area contributed by atoms with E-state index in [0.29, 0.717) is 5.69 Å². The summed E-state index contributed by atoms with van der Waals surface area (Å²) in [5, 5.41) is 0.888. The third-order valence-electron chi connectivity index (χ3n) is 4.81. The van der Waals surface area contributed by atoms with Gasteiger partial charge in [0.1, 0.15) is 11.3 Å². The lowest BCUT2D eigenvalue weighted by atomic mass is 9.96. The van der Waals surface area contributed by atoms with Gasteiger partial charge in [-0.2, -0.15) is 0 Å². The standard InChI is InChI=1S/C20H18BrNO4S/c1-13(23)22(27(24,25)16-9-6-14(21)7-10-16)15-8-11-20-18(12-15)17-4-2-3-5-19(17)26-20/h6-12H,2-5H2,1H3. The van der Waals surface area contributed by atoms with Crippen LogP contribution in [0.15, 0.2) is 56.2 Å². The van der Waals surface area contributed by atoms with Gasteiger partial charge in [-0.25, -0.2) is 12.7 Å². The zero-order chi connectivity index (χ0) is 19.2. The second kappa shape index (κ2) is 6.80. The van der Waals surface area contributed by atoms with Gasteiger partial charge in [0.2, 0.25) is 5.91 Å².